The van der Waals surface area contributed by atoms with Gasteiger partial charge in [0, 0.05) is 61.4 Å². The Balaban J connectivity index is 1.25. The molecule has 0 unspecified atom stereocenters. The molecule has 1 amide bonds. The van der Waals surface area contributed by atoms with Gasteiger partial charge in [-0.25, -0.2) is 9.78 Å². The summed E-state index contributed by atoms with van der Waals surface area (Å²) < 4.78 is 12.3. The van der Waals surface area contributed by atoms with Crippen molar-refractivity contribution in [2.45, 2.75) is 0 Å². The van der Waals surface area contributed by atoms with E-state index in [1.165, 1.54) is 0 Å². The third-order valence-corrected chi connectivity index (χ3v) is 6.37. The fraction of sp³-hybridized carbons (Fsp3) is 0.269. The minimum absolute atomic E-state index is 0.166. The van der Waals surface area contributed by atoms with E-state index in [0.717, 1.165) is 55.1 Å². The molecule has 2 aromatic heterocycles. The average molecular weight is 522 g/mol. The van der Waals surface area contributed by atoms with Crippen LogP contribution in [0.2, 0.25) is 5.02 Å². The van der Waals surface area contributed by atoms with Crippen molar-refractivity contribution in [1.82, 2.24) is 24.8 Å². The summed E-state index contributed by atoms with van der Waals surface area (Å²) in [6.07, 6.45) is 3.44. The first kappa shape index (κ1) is 24.8. The third kappa shape index (κ3) is 6.11. The normalized spacial score (nSPS) is 13.9. The summed E-state index contributed by atoms with van der Waals surface area (Å²) in [7, 11) is 1.57. The minimum atomic E-state index is -0.166. The number of ether oxygens (including phenoxy) is 2. The van der Waals surface area contributed by atoms with E-state index in [-0.39, 0.29) is 6.03 Å². The molecule has 192 valence electrons. The van der Waals surface area contributed by atoms with Crippen LogP contribution in [-0.4, -0.2) is 72.0 Å². The van der Waals surface area contributed by atoms with Crippen molar-refractivity contribution in [3.8, 4) is 5.75 Å². The van der Waals surface area contributed by atoms with Crippen LogP contribution in [0.4, 0.5) is 27.9 Å². The Labute approximate surface area is 219 Å². The van der Waals surface area contributed by atoms with Crippen molar-refractivity contribution in [3.05, 3.63) is 65.9 Å². The van der Waals surface area contributed by atoms with Gasteiger partial charge in [-0.1, -0.05) is 17.7 Å². The number of fused-ring (bicyclic) bond motifs is 1. The highest BCUT2D eigenvalue weighted by molar-refractivity contribution is 6.32. The molecular weight excluding hydrogens is 494 g/mol. The maximum Gasteiger partial charge on any atom is 0.326 e. The number of methoxy groups -OCH3 is 1. The van der Waals surface area contributed by atoms with Gasteiger partial charge in [-0.05, 0) is 36.4 Å². The lowest BCUT2D eigenvalue weighted by Gasteiger charge is -2.26. The first-order chi connectivity index (χ1) is 18.1. The molecule has 37 heavy (non-hydrogen) atoms. The topological polar surface area (TPSA) is 106 Å². The summed E-state index contributed by atoms with van der Waals surface area (Å²) in [5.41, 5.74) is 2.33. The molecular formula is C26H28ClN7O3. The molecule has 3 heterocycles. The summed E-state index contributed by atoms with van der Waals surface area (Å²) in [5.74, 6) is 1.59. The molecule has 2 aromatic carbocycles. The number of carbonyl (C=O) groups excluding carboxylic acids is 1. The lowest BCUT2D eigenvalue weighted by atomic mass is 10.2. The van der Waals surface area contributed by atoms with Gasteiger partial charge in [0.15, 0.2) is 0 Å². The zero-order chi connectivity index (χ0) is 25.6. The van der Waals surface area contributed by atoms with E-state index in [4.69, 9.17) is 21.1 Å². The molecule has 3 N–H and O–H groups in total. The Bertz CT molecular complexity index is 1390. The van der Waals surface area contributed by atoms with E-state index >= 15 is 0 Å². The Kier molecular flexibility index (Phi) is 7.69. The van der Waals surface area contributed by atoms with Gasteiger partial charge in [0.1, 0.15) is 11.6 Å². The summed E-state index contributed by atoms with van der Waals surface area (Å²) in [6.45, 7) is 4.64. The fourth-order valence-electron chi connectivity index (χ4n) is 4.12. The van der Waals surface area contributed by atoms with Crippen molar-refractivity contribution < 1.29 is 14.3 Å². The zero-order valence-corrected chi connectivity index (χ0v) is 21.2. The first-order valence-corrected chi connectivity index (χ1v) is 12.4. The molecule has 0 spiro atoms. The van der Waals surface area contributed by atoms with Crippen LogP contribution in [0.3, 0.4) is 0 Å². The molecule has 10 nitrogen and oxygen atoms in total. The molecule has 4 aromatic rings. The lowest BCUT2D eigenvalue weighted by molar-refractivity contribution is 0.0387. The van der Waals surface area contributed by atoms with E-state index in [9.17, 15) is 4.79 Å². The number of hydrogen-bond acceptors (Lipinski definition) is 8. The predicted octanol–water partition coefficient (Wildman–Crippen LogP) is 4.47. The van der Waals surface area contributed by atoms with E-state index in [2.05, 4.69) is 30.8 Å². The number of nitrogens with one attached hydrogen (secondary N) is 3. The molecule has 1 aliphatic heterocycles. The third-order valence-electron chi connectivity index (χ3n) is 6.06. The SMILES string of the molecule is COc1cc(Nc2ccnc(Nc3ccc4ccn(C(=O)NCCN5CCOCC5)c4c3)n2)ccc1Cl. The standard InChI is InChI=1S/C26H28ClN7O3/c1-36-23-17-20(4-5-21(23)27)30-24-6-8-28-25(32-24)31-19-3-2-18-7-10-34(22(18)16-19)26(35)29-9-11-33-12-14-37-15-13-33/h2-8,10,16-17H,9,11-15H2,1H3,(H,29,35)(H2,28,30,31,32). The number of benzene rings is 2. The number of halogens is 1. The first-order valence-electron chi connectivity index (χ1n) is 12.0. The largest absolute Gasteiger partial charge is 0.495 e. The monoisotopic (exact) mass is 521 g/mol. The molecule has 0 radical (unpaired) electrons. The second-order valence-corrected chi connectivity index (χ2v) is 8.92. The number of carbonyl (C=O) groups is 1. The Morgan fingerprint density at radius 1 is 1.08 bits per heavy atom. The minimum Gasteiger partial charge on any atom is -0.495 e. The molecule has 5 rings (SSSR count). The quantitative estimate of drug-likeness (QED) is 0.312. The lowest BCUT2D eigenvalue weighted by Crippen LogP contribution is -2.42. The van der Waals surface area contributed by atoms with Crippen LogP contribution in [0, 0.1) is 0 Å². The Morgan fingerprint density at radius 2 is 1.89 bits per heavy atom. The van der Waals surface area contributed by atoms with Gasteiger partial charge in [-0.2, -0.15) is 4.98 Å². The Morgan fingerprint density at radius 3 is 2.73 bits per heavy atom. The van der Waals surface area contributed by atoms with Gasteiger partial charge >= 0.3 is 6.03 Å². The van der Waals surface area contributed by atoms with E-state index in [0.29, 0.717) is 29.1 Å². The van der Waals surface area contributed by atoms with Crippen molar-refractivity contribution >= 4 is 51.7 Å². The molecule has 1 saturated heterocycles. The molecule has 11 heteroatoms. The van der Waals surface area contributed by atoms with Crippen LogP contribution in [0.1, 0.15) is 0 Å². The highest BCUT2D eigenvalue weighted by atomic mass is 35.5. The van der Waals surface area contributed by atoms with Gasteiger partial charge in [0.2, 0.25) is 5.95 Å². The van der Waals surface area contributed by atoms with Gasteiger partial charge in [0.25, 0.3) is 0 Å². The molecule has 0 aliphatic carbocycles. The van der Waals surface area contributed by atoms with Crippen molar-refractivity contribution in [2.24, 2.45) is 0 Å². The number of amides is 1. The molecule has 1 aliphatic rings. The van der Waals surface area contributed by atoms with Crippen LogP contribution in [0.25, 0.3) is 10.9 Å². The summed E-state index contributed by atoms with van der Waals surface area (Å²) in [6, 6.07) is 14.7. The fourth-order valence-corrected chi connectivity index (χ4v) is 4.31. The van der Waals surface area contributed by atoms with E-state index in [1.807, 2.05) is 30.3 Å². The maximum atomic E-state index is 12.9. The molecule has 1 fully saturated rings. The average Bonchev–Trinajstić information content (AvgIpc) is 3.34. The van der Waals surface area contributed by atoms with Crippen molar-refractivity contribution in [2.75, 3.05) is 57.1 Å². The number of hydrogen-bond donors (Lipinski definition) is 3. The zero-order valence-electron chi connectivity index (χ0n) is 20.4. The molecule has 0 saturated carbocycles. The van der Waals surface area contributed by atoms with E-state index in [1.54, 1.807) is 42.3 Å². The van der Waals surface area contributed by atoms with Gasteiger partial charge in [-0.3, -0.25) is 9.47 Å². The van der Waals surface area contributed by atoms with E-state index < -0.39 is 0 Å². The van der Waals surface area contributed by atoms with Crippen molar-refractivity contribution in [1.29, 1.82) is 0 Å². The second kappa shape index (κ2) is 11.5. The van der Waals surface area contributed by atoms with Gasteiger partial charge in [0.05, 0.1) is 30.9 Å². The van der Waals surface area contributed by atoms with Crippen LogP contribution in [0.15, 0.2) is 60.9 Å². The van der Waals surface area contributed by atoms with Crippen LogP contribution in [-0.2, 0) is 4.74 Å². The molecule has 0 bridgehead atoms. The number of morpholine rings is 1. The van der Waals surface area contributed by atoms with Crippen LogP contribution in [0.5, 0.6) is 5.75 Å². The second-order valence-electron chi connectivity index (χ2n) is 8.51. The van der Waals surface area contributed by atoms with Crippen LogP contribution < -0.4 is 20.7 Å². The smallest absolute Gasteiger partial charge is 0.326 e. The highest BCUT2D eigenvalue weighted by Crippen LogP contribution is 2.29. The maximum absolute atomic E-state index is 12.9. The number of nitrogens with zero attached hydrogens (tertiary/aromatic N) is 4. The number of anilines is 4. The summed E-state index contributed by atoms with van der Waals surface area (Å²) in [5, 5.41) is 11.0. The van der Waals surface area contributed by atoms with Gasteiger partial charge in [-0.15, -0.1) is 0 Å². The van der Waals surface area contributed by atoms with Gasteiger partial charge < -0.3 is 25.4 Å². The summed E-state index contributed by atoms with van der Waals surface area (Å²) >= 11 is 6.11. The summed E-state index contributed by atoms with van der Waals surface area (Å²) in [4.78, 5) is 24.0. The Hall–Kier alpha value is -3.86. The molecule has 0 atom stereocenters. The number of aromatic nitrogens is 3. The predicted molar refractivity (Wildman–Crippen MR) is 145 cm³/mol. The highest BCUT2D eigenvalue weighted by Gasteiger charge is 2.13. The number of rotatable bonds is 8. The van der Waals surface area contributed by atoms with Crippen LogP contribution >= 0.6 is 11.6 Å². The van der Waals surface area contributed by atoms with Crippen molar-refractivity contribution in [3.63, 3.8) is 0 Å².